The van der Waals surface area contributed by atoms with Crippen LogP contribution in [0.25, 0.3) is 0 Å². The molecule has 1 aliphatic heterocycles. The van der Waals surface area contributed by atoms with Crippen molar-refractivity contribution in [2.24, 2.45) is 11.7 Å². The largest absolute Gasteiger partial charge is 0.492 e. The van der Waals surface area contributed by atoms with Crippen molar-refractivity contribution in [2.75, 3.05) is 26.2 Å². The van der Waals surface area contributed by atoms with Crippen molar-refractivity contribution in [1.29, 1.82) is 5.26 Å². The second kappa shape index (κ2) is 6.55. The van der Waals surface area contributed by atoms with Crippen molar-refractivity contribution in [3.05, 3.63) is 29.8 Å². The van der Waals surface area contributed by atoms with E-state index in [-0.39, 0.29) is 6.04 Å². The van der Waals surface area contributed by atoms with Crippen molar-refractivity contribution >= 4 is 0 Å². The zero-order valence-electron chi connectivity index (χ0n) is 11.4. The highest BCUT2D eigenvalue weighted by molar-refractivity contribution is 5.34. The number of hydrogen-bond donors (Lipinski definition) is 1. The van der Waals surface area contributed by atoms with Gasteiger partial charge in [0.05, 0.1) is 11.6 Å². The lowest BCUT2D eigenvalue weighted by atomic mass is 10.0. The molecule has 1 heterocycles. The summed E-state index contributed by atoms with van der Waals surface area (Å²) in [7, 11) is 0. The number of benzene rings is 1. The van der Waals surface area contributed by atoms with Gasteiger partial charge in [0, 0.05) is 19.1 Å². The normalized spacial score (nSPS) is 21.0. The van der Waals surface area contributed by atoms with Gasteiger partial charge in [0.2, 0.25) is 0 Å². The summed E-state index contributed by atoms with van der Waals surface area (Å²) in [6.07, 6.45) is 1.19. The van der Waals surface area contributed by atoms with Crippen LogP contribution in [0.5, 0.6) is 5.75 Å². The number of ether oxygens (including phenoxy) is 1. The molecule has 1 aromatic rings. The maximum absolute atomic E-state index is 8.71. The monoisotopic (exact) mass is 259 g/mol. The summed E-state index contributed by atoms with van der Waals surface area (Å²) in [6, 6.07) is 9.61. The second-order valence-electron chi connectivity index (χ2n) is 5.19. The van der Waals surface area contributed by atoms with Gasteiger partial charge in [-0.05, 0) is 50.1 Å². The van der Waals surface area contributed by atoms with E-state index in [2.05, 4.69) is 17.9 Å². The summed E-state index contributed by atoms with van der Waals surface area (Å²) in [6.45, 7) is 5.89. The van der Waals surface area contributed by atoms with Gasteiger partial charge in [-0.15, -0.1) is 0 Å². The van der Waals surface area contributed by atoms with Gasteiger partial charge in [-0.1, -0.05) is 0 Å². The quantitative estimate of drug-likeness (QED) is 0.872. The maximum Gasteiger partial charge on any atom is 0.119 e. The number of likely N-dealkylation sites (tertiary alicyclic amines) is 1. The number of nitrogens with zero attached hydrogens (tertiary/aromatic N) is 2. The highest BCUT2D eigenvalue weighted by Gasteiger charge is 2.24. The van der Waals surface area contributed by atoms with E-state index in [4.69, 9.17) is 15.7 Å². The minimum absolute atomic E-state index is 0.282. The van der Waals surface area contributed by atoms with Crippen molar-refractivity contribution in [1.82, 2.24) is 4.90 Å². The number of nitrogens with two attached hydrogens (primary N) is 1. The minimum Gasteiger partial charge on any atom is -0.492 e. The van der Waals surface area contributed by atoms with Gasteiger partial charge in [-0.2, -0.15) is 5.26 Å². The molecule has 1 aromatic carbocycles. The molecule has 0 aliphatic carbocycles. The number of rotatable bonds is 5. The zero-order valence-corrected chi connectivity index (χ0v) is 11.4. The average Bonchev–Trinajstić information content (AvgIpc) is 2.89. The first-order valence-corrected chi connectivity index (χ1v) is 6.80. The Morgan fingerprint density at radius 1 is 1.47 bits per heavy atom. The van der Waals surface area contributed by atoms with E-state index in [1.54, 1.807) is 12.1 Å². The van der Waals surface area contributed by atoms with Gasteiger partial charge in [0.25, 0.3) is 0 Å². The van der Waals surface area contributed by atoms with Crippen molar-refractivity contribution in [3.8, 4) is 11.8 Å². The third-order valence-electron chi connectivity index (χ3n) is 3.71. The third kappa shape index (κ3) is 3.95. The molecule has 0 amide bonds. The van der Waals surface area contributed by atoms with E-state index in [0.29, 0.717) is 18.1 Å². The molecule has 1 saturated heterocycles. The highest BCUT2D eigenvalue weighted by Crippen LogP contribution is 2.18. The molecule has 0 aromatic heterocycles. The summed E-state index contributed by atoms with van der Waals surface area (Å²) in [5.74, 6) is 1.44. The fourth-order valence-corrected chi connectivity index (χ4v) is 2.41. The lowest BCUT2D eigenvalue weighted by Crippen LogP contribution is -2.31. The lowest BCUT2D eigenvalue weighted by molar-refractivity contribution is 0.230. The van der Waals surface area contributed by atoms with Crippen LogP contribution in [-0.2, 0) is 0 Å². The molecule has 4 heteroatoms. The van der Waals surface area contributed by atoms with E-state index in [1.807, 2.05) is 12.1 Å². The molecular formula is C15H21N3O. The Morgan fingerprint density at radius 3 is 2.79 bits per heavy atom. The highest BCUT2D eigenvalue weighted by atomic mass is 16.5. The van der Waals surface area contributed by atoms with Crippen molar-refractivity contribution in [2.45, 2.75) is 19.4 Å². The summed E-state index contributed by atoms with van der Waals surface area (Å²) < 4.78 is 5.68. The van der Waals surface area contributed by atoms with Crippen molar-refractivity contribution in [3.63, 3.8) is 0 Å². The third-order valence-corrected chi connectivity index (χ3v) is 3.71. The van der Waals surface area contributed by atoms with E-state index in [9.17, 15) is 0 Å². The molecule has 2 unspecified atom stereocenters. The van der Waals surface area contributed by atoms with Crippen LogP contribution in [0.3, 0.4) is 0 Å². The van der Waals surface area contributed by atoms with Crippen LogP contribution in [0.4, 0.5) is 0 Å². The molecule has 102 valence electrons. The predicted octanol–water partition coefficient (Wildman–Crippen LogP) is 1.61. The van der Waals surface area contributed by atoms with Gasteiger partial charge in [0.15, 0.2) is 0 Å². The van der Waals surface area contributed by atoms with Crippen LogP contribution in [0.2, 0.25) is 0 Å². The fraction of sp³-hybridized carbons (Fsp3) is 0.533. The van der Waals surface area contributed by atoms with Crippen LogP contribution < -0.4 is 10.5 Å². The van der Waals surface area contributed by atoms with Gasteiger partial charge in [0.1, 0.15) is 12.4 Å². The summed E-state index contributed by atoms with van der Waals surface area (Å²) in [5, 5.41) is 8.71. The summed E-state index contributed by atoms with van der Waals surface area (Å²) in [4.78, 5) is 2.40. The topological polar surface area (TPSA) is 62.3 Å². The smallest absolute Gasteiger partial charge is 0.119 e. The van der Waals surface area contributed by atoms with Gasteiger partial charge in [-0.3, -0.25) is 4.90 Å². The van der Waals surface area contributed by atoms with E-state index >= 15 is 0 Å². The Balaban J connectivity index is 1.71. The molecule has 2 atom stereocenters. The minimum atomic E-state index is 0.282. The van der Waals surface area contributed by atoms with Gasteiger partial charge in [-0.25, -0.2) is 0 Å². The van der Waals surface area contributed by atoms with Crippen LogP contribution in [-0.4, -0.2) is 37.2 Å². The molecule has 0 spiro atoms. The molecule has 2 rings (SSSR count). The van der Waals surface area contributed by atoms with Crippen LogP contribution in [0, 0.1) is 17.2 Å². The maximum atomic E-state index is 8.71. The number of hydrogen-bond acceptors (Lipinski definition) is 4. The summed E-state index contributed by atoms with van der Waals surface area (Å²) in [5.41, 5.74) is 6.58. The first kappa shape index (κ1) is 13.9. The van der Waals surface area contributed by atoms with Crippen LogP contribution >= 0.6 is 0 Å². The molecule has 2 N–H and O–H groups in total. The molecule has 0 saturated carbocycles. The Morgan fingerprint density at radius 2 is 2.21 bits per heavy atom. The first-order valence-electron chi connectivity index (χ1n) is 6.80. The first-order chi connectivity index (χ1) is 9.19. The van der Waals surface area contributed by atoms with E-state index < -0.39 is 0 Å². The molecule has 0 bridgehead atoms. The summed E-state index contributed by atoms with van der Waals surface area (Å²) >= 11 is 0. The Bertz CT molecular complexity index is 436. The molecule has 0 radical (unpaired) electrons. The predicted molar refractivity (Wildman–Crippen MR) is 74.8 cm³/mol. The SMILES string of the molecule is CC(N)C1CCN(CCOc2ccc(C#N)cc2)C1. The number of nitriles is 1. The molecule has 1 fully saturated rings. The Hall–Kier alpha value is -1.57. The van der Waals surface area contributed by atoms with E-state index in [1.165, 1.54) is 6.42 Å². The lowest BCUT2D eigenvalue weighted by Gasteiger charge is -2.17. The van der Waals surface area contributed by atoms with Gasteiger partial charge >= 0.3 is 0 Å². The zero-order chi connectivity index (χ0) is 13.7. The van der Waals surface area contributed by atoms with E-state index in [0.717, 1.165) is 25.4 Å². The van der Waals surface area contributed by atoms with Crippen LogP contribution in [0.1, 0.15) is 18.9 Å². The standard InChI is InChI=1S/C15H21N3O/c1-12(17)14-6-7-18(11-14)8-9-19-15-4-2-13(10-16)3-5-15/h2-5,12,14H,6-9,11,17H2,1H3. The van der Waals surface area contributed by atoms with Gasteiger partial charge < -0.3 is 10.5 Å². The Labute approximate surface area is 114 Å². The fourth-order valence-electron chi connectivity index (χ4n) is 2.41. The van der Waals surface area contributed by atoms with Crippen LogP contribution in [0.15, 0.2) is 24.3 Å². The molecular weight excluding hydrogens is 238 g/mol. The average molecular weight is 259 g/mol. The van der Waals surface area contributed by atoms with Crippen molar-refractivity contribution < 1.29 is 4.74 Å². The second-order valence-corrected chi connectivity index (χ2v) is 5.19. The Kier molecular flexibility index (Phi) is 4.78. The molecule has 4 nitrogen and oxygen atoms in total. The molecule has 1 aliphatic rings. The molecule has 19 heavy (non-hydrogen) atoms.